The predicted octanol–water partition coefficient (Wildman–Crippen LogP) is 3.67. The maximum atomic E-state index is 13.5. The molecule has 0 radical (unpaired) electrons. The maximum Gasteiger partial charge on any atom is 0.262 e. The van der Waals surface area contributed by atoms with Crippen LogP contribution >= 0.6 is 0 Å². The van der Waals surface area contributed by atoms with E-state index >= 15 is 0 Å². The summed E-state index contributed by atoms with van der Waals surface area (Å²) in [6.45, 7) is 0. The second kappa shape index (κ2) is 7.67. The number of carbonyl (C=O) groups is 3. The van der Waals surface area contributed by atoms with Crippen molar-refractivity contribution in [3.63, 3.8) is 0 Å². The number of nitrogens with one attached hydrogen (secondary N) is 1. The average molecular weight is 388 g/mol. The fraction of sp³-hybridized carbons (Fsp3) is 0.0870. The Morgan fingerprint density at radius 3 is 2.10 bits per heavy atom. The van der Waals surface area contributed by atoms with E-state index < -0.39 is 29.6 Å². The van der Waals surface area contributed by atoms with Gasteiger partial charge in [0, 0.05) is 12.1 Å². The number of anilines is 1. The fourth-order valence-electron chi connectivity index (χ4n) is 3.42. The molecule has 0 aromatic heterocycles. The number of hydrogen-bond acceptors (Lipinski definition) is 3. The molecular formula is C23H17FN2O3. The quantitative estimate of drug-likeness (QED) is 0.678. The third-order valence-corrected chi connectivity index (χ3v) is 4.80. The number of benzene rings is 3. The average Bonchev–Trinajstić information content (AvgIpc) is 2.98. The van der Waals surface area contributed by atoms with Crippen LogP contribution in [-0.2, 0) is 11.2 Å². The van der Waals surface area contributed by atoms with Gasteiger partial charge in [-0.2, -0.15) is 0 Å². The number of imide groups is 1. The Bertz CT molecular complexity index is 1060. The molecule has 29 heavy (non-hydrogen) atoms. The molecule has 3 amide bonds. The Morgan fingerprint density at radius 1 is 0.862 bits per heavy atom. The molecule has 3 aromatic rings. The fourth-order valence-corrected chi connectivity index (χ4v) is 3.42. The van der Waals surface area contributed by atoms with Crippen molar-refractivity contribution in [3.05, 3.63) is 101 Å². The van der Waals surface area contributed by atoms with Gasteiger partial charge in [0.1, 0.15) is 11.9 Å². The number of fused-ring (bicyclic) bond motifs is 1. The van der Waals surface area contributed by atoms with E-state index in [0.717, 1.165) is 10.5 Å². The van der Waals surface area contributed by atoms with E-state index in [9.17, 15) is 18.8 Å². The van der Waals surface area contributed by atoms with Gasteiger partial charge in [0.15, 0.2) is 0 Å². The molecule has 0 aliphatic carbocycles. The summed E-state index contributed by atoms with van der Waals surface area (Å²) in [5.74, 6) is -2.08. The Morgan fingerprint density at radius 2 is 1.48 bits per heavy atom. The van der Waals surface area contributed by atoms with Crippen LogP contribution in [0.1, 0.15) is 26.3 Å². The molecule has 3 aromatic carbocycles. The molecule has 144 valence electrons. The summed E-state index contributed by atoms with van der Waals surface area (Å²) in [5.41, 5.74) is 1.59. The summed E-state index contributed by atoms with van der Waals surface area (Å²) in [6.07, 6.45) is 0.146. The summed E-state index contributed by atoms with van der Waals surface area (Å²) in [6, 6.07) is 20.0. The lowest BCUT2D eigenvalue weighted by molar-refractivity contribution is -0.119. The molecule has 1 aliphatic heterocycles. The molecular weight excluding hydrogens is 371 g/mol. The zero-order chi connectivity index (χ0) is 20.4. The van der Waals surface area contributed by atoms with Crippen LogP contribution in [0.15, 0.2) is 78.9 Å². The van der Waals surface area contributed by atoms with Gasteiger partial charge in [-0.1, -0.05) is 48.5 Å². The van der Waals surface area contributed by atoms with Crippen molar-refractivity contribution in [3.8, 4) is 0 Å². The van der Waals surface area contributed by atoms with Crippen LogP contribution in [0, 0.1) is 5.82 Å². The molecule has 1 heterocycles. The SMILES string of the molecule is O=C(Nc1cccc(F)c1)C(Cc1ccccc1)N1C(=O)c2ccccc2C1=O. The third-order valence-electron chi connectivity index (χ3n) is 4.80. The van der Waals surface area contributed by atoms with Crippen LogP contribution in [-0.4, -0.2) is 28.7 Å². The van der Waals surface area contributed by atoms with Crippen molar-refractivity contribution in [2.24, 2.45) is 0 Å². The monoisotopic (exact) mass is 388 g/mol. The van der Waals surface area contributed by atoms with E-state index in [0.29, 0.717) is 0 Å². The van der Waals surface area contributed by atoms with E-state index in [1.165, 1.54) is 18.2 Å². The van der Waals surface area contributed by atoms with E-state index in [1.807, 2.05) is 30.3 Å². The van der Waals surface area contributed by atoms with Crippen molar-refractivity contribution in [1.29, 1.82) is 0 Å². The topological polar surface area (TPSA) is 66.5 Å². The first kappa shape index (κ1) is 18.6. The second-order valence-corrected chi connectivity index (χ2v) is 6.73. The summed E-state index contributed by atoms with van der Waals surface area (Å²) in [5, 5.41) is 2.62. The van der Waals surface area contributed by atoms with Crippen LogP contribution in [0.4, 0.5) is 10.1 Å². The van der Waals surface area contributed by atoms with E-state index in [4.69, 9.17) is 0 Å². The first-order chi connectivity index (χ1) is 14.0. The molecule has 1 aliphatic rings. The van der Waals surface area contributed by atoms with Gasteiger partial charge >= 0.3 is 0 Å². The minimum atomic E-state index is -1.08. The van der Waals surface area contributed by atoms with E-state index in [-0.39, 0.29) is 23.2 Å². The third kappa shape index (κ3) is 3.65. The van der Waals surface area contributed by atoms with Crippen molar-refractivity contribution in [2.75, 3.05) is 5.32 Å². The Labute approximate surface area is 166 Å². The Balaban J connectivity index is 1.68. The van der Waals surface area contributed by atoms with Gasteiger partial charge in [0.05, 0.1) is 11.1 Å². The highest BCUT2D eigenvalue weighted by Gasteiger charge is 2.42. The molecule has 0 bridgehead atoms. The van der Waals surface area contributed by atoms with Gasteiger partial charge in [-0.25, -0.2) is 4.39 Å². The summed E-state index contributed by atoms with van der Waals surface area (Å²) in [7, 11) is 0. The van der Waals surface area contributed by atoms with Gasteiger partial charge in [-0.05, 0) is 35.9 Å². The first-order valence-corrected chi connectivity index (χ1v) is 9.12. The Kier molecular flexibility index (Phi) is 4.91. The van der Waals surface area contributed by atoms with Crippen LogP contribution in [0.5, 0.6) is 0 Å². The lowest BCUT2D eigenvalue weighted by atomic mass is 10.0. The molecule has 4 rings (SSSR count). The van der Waals surface area contributed by atoms with Crippen LogP contribution < -0.4 is 5.32 Å². The van der Waals surface area contributed by atoms with Gasteiger partial charge in [0.25, 0.3) is 11.8 Å². The zero-order valence-electron chi connectivity index (χ0n) is 15.3. The van der Waals surface area contributed by atoms with Crippen LogP contribution in [0.3, 0.4) is 0 Å². The summed E-state index contributed by atoms with van der Waals surface area (Å²) < 4.78 is 13.5. The zero-order valence-corrected chi connectivity index (χ0v) is 15.3. The van der Waals surface area contributed by atoms with Crippen LogP contribution in [0.2, 0.25) is 0 Å². The second-order valence-electron chi connectivity index (χ2n) is 6.73. The summed E-state index contributed by atoms with van der Waals surface area (Å²) in [4.78, 5) is 39.9. The van der Waals surface area contributed by atoms with Crippen molar-refractivity contribution in [1.82, 2.24) is 4.90 Å². The maximum absolute atomic E-state index is 13.5. The van der Waals surface area contributed by atoms with E-state index in [1.54, 1.807) is 30.3 Å². The normalized spacial score (nSPS) is 13.9. The van der Waals surface area contributed by atoms with E-state index in [2.05, 4.69) is 5.32 Å². The molecule has 0 spiro atoms. The van der Waals surface area contributed by atoms with Crippen molar-refractivity contribution in [2.45, 2.75) is 12.5 Å². The van der Waals surface area contributed by atoms with Gasteiger partial charge < -0.3 is 5.32 Å². The molecule has 1 unspecified atom stereocenters. The molecule has 6 heteroatoms. The first-order valence-electron chi connectivity index (χ1n) is 9.12. The van der Waals surface area contributed by atoms with Crippen LogP contribution in [0.25, 0.3) is 0 Å². The van der Waals surface area contributed by atoms with Crippen molar-refractivity contribution >= 4 is 23.4 Å². The molecule has 0 saturated heterocycles. The largest absolute Gasteiger partial charge is 0.324 e. The minimum absolute atomic E-state index is 0.146. The standard InChI is InChI=1S/C23H17FN2O3/c24-16-9-6-10-17(14-16)25-21(27)20(13-15-7-2-1-3-8-15)26-22(28)18-11-4-5-12-19(18)23(26)29/h1-12,14,20H,13H2,(H,25,27). The van der Waals surface area contributed by atoms with Crippen molar-refractivity contribution < 1.29 is 18.8 Å². The molecule has 1 atom stereocenters. The highest BCUT2D eigenvalue weighted by molar-refractivity contribution is 6.23. The smallest absolute Gasteiger partial charge is 0.262 e. The number of rotatable bonds is 5. The number of nitrogens with zero attached hydrogens (tertiary/aromatic N) is 1. The molecule has 5 nitrogen and oxygen atoms in total. The van der Waals surface area contributed by atoms with Gasteiger partial charge in [-0.3, -0.25) is 19.3 Å². The molecule has 0 saturated carbocycles. The number of carbonyl (C=O) groups excluding carboxylic acids is 3. The lowest BCUT2D eigenvalue weighted by Gasteiger charge is -2.25. The minimum Gasteiger partial charge on any atom is -0.324 e. The molecule has 1 N–H and O–H groups in total. The number of amides is 3. The molecule has 0 fully saturated rings. The highest BCUT2D eigenvalue weighted by atomic mass is 19.1. The van der Waals surface area contributed by atoms with Gasteiger partial charge in [0.2, 0.25) is 5.91 Å². The van der Waals surface area contributed by atoms with Gasteiger partial charge in [-0.15, -0.1) is 0 Å². The lowest BCUT2D eigenvalue weighted by Crippen LogP contribution is -2.48. The number of halogens is 1. The highest BCUT2D eigenvalue weighted by Crippen LogP contribution is 2.26. The summed E-state index contributed by atoms with van der Waals surface area (Å²) >= 11 is 0. The number of hydrogen-bond donors (Lipinski definition) is 1. The predicted molar refractivity (Wildman–Crippen MR) is 106 cm³/mol. The Hall–Kier alpha value is -3.80.